The largest absolute Gasteiger partial charge is 0.481 e. The lowest BCUT2D eigenvalue weighted by Gasteiger charge is -2.47. The number of hydrogen-bond acceptors (Lipinski definition) is 15. The Kier molecular flexibility index (Phi) is 26.1. The smallest absolute Gasteiger partial charge is 0.306 e. The second-order valence-electron chi connectivity index (χ2n) is 37.2. The highest BCUT2D eigenvalue weighted by Crippen LogP contribution is 2.40. The highest BCUT2D eigenvalue weighted by Gasteiger charge is 2.46. The lowest BCUT2D eigenvalue weighted by molar-refractivity contribution is -0.147. The van der Waals surface area contributed by atoms with Gasteiger partial charge in [0.1, 0.15) is 34.5 Å². The Bertz CT molecular complexity index is 5350. The first-order valence-corrected chi connectivity index (χ1v) is 43.1. The second kappa shape index (κ2) is 35.8. The molecule has 0 spiro atoms. The van der Waals surface area contributed by atoms with Crippen LogP contribution in [0.3, 0.4) is 0 Å². The van der Waals surface area contributed by atoms with Crippen molar-refractivity contribution in [1.82, 2.24) is 73.2 Å². The van der Waals surface area contributed by atoms with Gasteiger partial charge in [-0.1, -0.05) is 71.7 Å². The van der Waals surface area contributed by atoms with Crippen LogP contribution in [-0.4, -0.2) is 217 Å². The van der Waals surface area contributed by atoms with Crippen molar-refractivity contribution in [2.75, 3.05) is 58.9 Å². The molecule has 3 aromatic carbocycles. The number of benzene rings is 3. The molecule has 9 aromatic rings. The molecule has 6 amide bonds. The topological polar surface area (TPSA) is 324 Å². The fourth-order valence-corrected chi connectivity index (χ4v) is 18.5. The van der Waals surface area contributed by atoms with Gasteiger partial charge in [0.05, 0.1) is 80.1 Å². The van der Waals surface area contributed by atoms with Crippen LogP contribution < -0.4 is 0 Å². The number of fused-ring (bicyclic) bond motifs is 3. The Labute approximate surface area is 722 Å². The molecule has 27 nitrogen and oxygen atoms in total. The number of imidazole rings is 3. The van der Waals surface area contributed by atoms with E-state index in [1.807, 2.05) is 102 Å². The summed E-state index contributed by atoms with van der Waals surface area (Å²) in [6, 6.07) is 20.8. The van der Waals surface area contributed by atoms with E-state index >= 15 is 0 Å². The highest BCUT2D eigenvalue weighted by molar-refractivity contribution is 6.31. The number of carboxylic acid groups (broad SMARTS) is 3. The van der Waals surface area contributed by atoms with Crippen LogP contribution in [0.5, 0.6) is 0 Å². The van der Waals surface area contributed by atoms with Gasteiger partial charge in [0.25, 0.3) is 17.7 Å². The van der Waals surface area contributed by atoms with Crippen molar-refractivity contribution in [3.8, 4) is 33.8 Å². The van der Waals surface area contributed by atoms with E-state index in [-0.39, 0.29) is 121 Å². The second-order valence-corrected chi connectivity index (χ2v) is 38.0. The average molecular weight is 1730 g/mol. The molecule has 6 fully saturated rings. The van der Waals surface area contributed by atoms with Crippen LogP contribution in [0.1, 0.15) is 227 Å². The molecule has 123 heavy (non-hydrogen) atoms. The zero-order valence-corrected chi connectivity index (χ0v) is 73.3. The summed E-state index contributed by atoms with van der Waals surface area (Å²) in [7, 11) is 0. The van der Waals surface area contributed by atoms with E-state index in [0.29, 0.717) is 181 Å². The van der Waals surface area contributed by atoms with Gasteiger partial charge in [-0.25, -0.2) is 41.7 Å². The van der Waals surface area contributed by atoms with E-state index in [9.17, 15) is 71.6 Å². The van der Waals surface area contributed by atoms with Crippen molar-refractivity contribution in [2.24, 2.45) is 35.5 Å². The molecule has 0 bridgehead atoms. The van der Waals surface area contributed by atoms with Gasteiger partial charge in [-0.05, 0) is 215 Å². The number of aliphatic carboxylic acids is 3. The van der Waals surface area contributed by atoms with Crippen molar-refractivity contribution in [2.45, 2.75) is 201 Å². The molecule has 0 radical (unpaired) electrons. The van der Waals surface area contributed by atoms with Gasteiger partial charge < -0.3 is 44.7 Å². The Balaban J connectivity index is 0.000000159. The van der Waals surface area contributed by atoms with Gasteiger partial charge in [0.15, 0.2) is 16.9 Å². The third-order valence-corrected chi connectivity index (χ3v) is 25.8. The van der Waals surface area contributed by atoms with Crippen molar-refractivity contribution >= 4 is 93.5 Å². The first kappa shape index (κ1) is 89.9. The van der Waals surface area contributed by atoms with Gasteiger partial charge in [0, 0.05) is 110 Å². The van der Waals surface area contributed by atoms with Gasteiger partial charge in [-0.2, -0.15) is 15.3 Å². The number of amides is 6. The maximum atomic E-state index is 13.8. The maximum absolute atomic E-state index is 13.8. The zero-order valence-electron chi connectivity index (χ0n) is 71.8. The van der Waals surface area contributed by atoms with Crippen LogP contribution in [0.15, 0.2) is 97.5 Å². The number of carbonyl (C=O) groups excluding carboxylic acids is 6. The molecule has 6 aliphatic rings. The minimum atomic E-state index is -0.789. The summed E-state index contributed by atoms with van der Waals surface area (Å²) in [5, 5.41) is 41.8. The molecule has 9 heterocycles. The minimum Gasteiger partial charge on any atom is -0.481 e. The van der Waals surface area contributed by atoms with E-state index in [0.717, 1.165) is 22.3 Å². The number of halogens is 5. The summed E-state index contributed by atoms with van der Waals surface area (Å²) in [5.41, 5.74) is 6.94. The number of rotatable bonds is 14. The van der Waals surface area contributed by atoms with Crippen molar-refractivity contribution in [1.29, 1.82) is 0 Å². The van der Waals surface area contributed by atoms with Crippen molar-refractivity contribution in [3.63, 3.8) is 0 Å². The van der Waals surface area contributed by atoms with Crippen molar-refractivity contribution in [3.05, 3.63) is 159 Å². The fourth-order valence-electron chi connectivity index (χ4n) is 18.2. The Hall–Kier alpha value is -10.9. The fraction of sp³-hybridized carbons (Fsp3) is 0.505. The summed E-state index contributed by atoms with van der Waals surface area (Å²) in [4.78, 5) is 140. The van der Waals surface area contributed by atoms with Crippen molar-refractivity contribution < 1.29 is 71.6 Å². The molecule has 32 heteroatoms. The minimum absolute atomic E-state index is 0.00443. The molecular weight excluding hydrogens is 1620 g/mol. The number of nitrogens with zero attached hydrogens (tertiary/aromatic N) is 15. The highest BCUT2D eigenvalue weighted by atomic mass is 35.5. The van der Waals surface area contributed by atoms with E-state index in [4.69, 9.17) is 33.3 Å². The molecule has 3 saturated heterocycles. The lowest BCUT2D eigenvalue weighted by atomic mass is 9.81. The Morgan fingerprint density at radius 3 is 0.967 bits per heavy atom. The van der Waals surface area contributed by atoms with Gasteiger partial charge in [-0.15, -0.1) is 0 Å². The molecule has 3 N–H and O–H groups in total. The van der Waals surface area contributed by atoms with Crippen LogP contribution in [0.2, 0.25) is 10.0 Å². The summed E-state index contributed by atoms with van der Waals surface area (Å²) in [6.45, 7) is 29.5. The third-order valence-electron chi connectivity index (χ3n) is 25.3. The van der Waals surface area contributed by atoms with Crippen LogP contribution in [0, 0.1) is 53.0 Å². The standard InChI is InChI=1S/C31H38FN5O4.2C30H35ClFN5O4/c1-30(2,3)23-16-24(19-10-12-22(32)13-11-19)34-37-17-25(33-26(23)37)28(39)36-15-14-35(18-31(36,4)5)27(38)20-6-8-21(9-7-20)29(40)41;2*1-17(2)21-14-24(20-9-10-23(32)22(31)13-20)34-37-15-25(33-26(21)37)28(39)36-12-11-35(16-30(36,3)4)27(38)18-5-7-19(8-6-18)29(40)41/h10-13,16-17,20-21H,6-9,14-15,18H2,1-5H3,(H,40,41);2*9-10,13-15,17-19H,5-8,11-12,16H2,1-4H3,(H,40,41). The third kappa shape index (κ3) is 19.4. The number of carbonyl (C=O) groups is 9. The molecule has 0 unspecified atom stereocenters. The van der Waals surface area contributed by atoms with E-state index < -0.39 is 46.2 Å². The molecule has 3 aliphatic carbocycles. The molecule has 3 saturated carbocycles. The van der Waals surface area contributed by atoms with Gasteiger partial charge in [0.2, 0.25) is 17.7 Å². The van der Waals surface area contributed by atoms with E-state index in [1.54, 1.807) is 71.1 Å². The number of carboxylic acids is 3. The first-order chi connectivity index (χ1) is 57.9. The van der Waals surface area contributed by atoms with Crippen LogP contribution >= 0.6 is 23.2 Å². The quantitative estimate of drug-likeness (QED) is 0.0910. The van der Waals surface area contributed by atoms with Crippen LogP contribution in [0.25, 0.3) is 50.7 Å². The van der Waals surface area contributed by atoms with Gasteiger partial charge >= 0.3 is 17.9 Å². The average Bonchev–Trinajstić information content (AvgIpc) is 1.25. The summed E-state index contributed by atoms with van der Waals surface area (Å²) in [6.07, 6.45) is 11.5. The predicted molar refractivity (Wildman–Crippen MR) is 456 cm³/mol. The molecule has 0 atom stereocenters. The maximum Gasteiger partial charge on any atom is 0.306 e. The zero-order chi connectivity index (χ0) is 89.0. The van der Waals surface area contributed by atoms with E-state index in [1.165, 1.54) is 36.4 Å². The van der Waals surface area contributed by atoms with Crippen LogP contribution in [0.4, 0.5) is 13.2 Å². The first-order valence-electron chi connectivity index (χ1n) is 42.3. The molecular formula is C91H108Cl2F3N15O12. The normalized spacial score (nSPS) is 21.0. The lowest BCUT2D eigenvalue weighted by Crippen LogP contribution is -2.62. The number of aromatic nitrogens is 9. The summed E-state index contributed by atoms with van der Waals surface area (Å²) >= 11 is 12.0. The predicted octanol–water partition coefficient (Wildman–Crippen LogP) is 15.3. The molecule has 6 aromatic heterocycles. The monoisotopic (exact) mass is 1730 g/mol. The van der Waals surface area contributed by atoms with E-state index in [2.05, 4.69) is 40.9 Å². The SMILES string of the molecule is CC(C)(C)c1cc(-c2ccc(F)cc2)nn2cc(C(=O)N3CCN(C(=O)C4CCC(C(=O)O)CC4)CC3(C)C)nc12.CC(C)c1cc(-c2ccc(F)c(Cl)c2)nn2cc(C(=O)N3CCN(C(=O)C4CCC(C(=O)O)CC4)CC3(C)C)nc12.CC(C)c1cc(-c2ccc(F)c(Cl)c2)nn2cc(C(=O)N3CCN(C(=O)C4CCC(C(=O)O)CC4)CC3(C)C)nc12. The number of hydrogen-bond donors (Lipinski definition) is 3. The molecule has 3 aliphatic heterocycles. The molecule has 15 rings (SSSR count). The summed E-state index contributed by atoms with van der Waals surface area (Å²) in [5.74, 6) is -5.73. The summed E-state index contributed by atoms with van der Waals surface area (Å²) < 4.78 is 45.9. The Morgan fingerprint density at radius 2 is 0.683 bits per heavy atom. The Morgan fingerprint density at radius 1 is 0.398 bits per heavy atom. The number of piperazine rings is 3. The van der Waals surface area contributed by atoms with Crippen LogP contribution in [-0.2, 0) is 34.2 Å². The van der Waals surface area contributed by atoms with Gasteiger partial charge in [-0.3, -0.25) is 43.2 Å². The molecule has 654 valence electrons.